The highest BCUT2D eigenvalue weighted by atomic mass is 15.2. The minimum Gasteiger partial charge on any atom is -0.335 e. The van der Waals surface area contributed by atoms with E-state index in [1.165, 1.54) is 123 Å². The van der Waals surface area contributed by atoms with Crippen LogP contribution in [0.4, 0.5) is 11.4 Å². The molecular weight excluding hydrogens is 723 g/mol. The third kappa shape index (κ3) is 5.18. The molecule has 60 heavy (non-hydrogen) atoms. The molecule has 0 saturated heterocycles. The minimum atomic E-state index is 0.0127. The SMILES string of the molecule is CC(C)(C)C1CCC2(C)C(C1)c1cc(-c3cc(-c4cccc5ccccc45)c4ccc5ccc(-c6cccc7ccccc67)c6ccc3c4c56)ccc1N2c1ccccc1. The fraction of sp³-hybridized carbons (Fsp3) is 0.186. The van der Waals surface area contributed by atoms with E-state index in [-0.39, 0.29) is 11.0 Å². The van der Waals surface area contributed by atoms with Crippen molar-refractivity contribution < 1.29 is 0 Å². The summed E-state index contributed by atoms with van der Waals surface area (Å²) in [6, 6.07) is 66.7. The van der Waals surface area contributed by atoms with Gasteiger partial charge in [0.15, 0.2) is 0 Å². The summed E-state index contributed by atoms with van der Waals surface area (Å²) in [5, 5.41) is 13.0. The van der Waals surface area contributed by atoms with Gasteiger partial charge in [-0.25, -0.2) is 0 Å². The van der Waals surface area contributed by atoms with Crippen LogP contribution in [-0.4, -0.2) is 5.54 Å². The fourth-order valence-electron chi connectivity index (χ4n) is 11.8. The van der Waals surface area contributed by atoms with E-state index in [0.29, 0.717) is 11.8 Å². The molecule has 290 valence electrons. The van der Waals surface area contributed by atoms with Gasteiger partial charge in [0.2, 0.25) is 0 Å². The molecule has 1 aliphatic heterocycles. The molecule has 0 N–H and O–H groups in total. The first kappa shape index (κ1) is 35.5. The molecule has 2 aliphatic rings. The molecule has 10 aromatic carbocycles. The predicted octanol–water partition coefficient (Wildman–Crippen LogP) is 16.7. The molecule has 1 heteroatoms. The third-order valence-corrected chi connectivity index (χ3v) is 14.9. The summed E-state index contributed by atoms with van der Waals surface area (Å²) in [6.07, 6.45) is 3.64. The molecule has 1 aliphatic carbocycles. The molecule has 1 saturated carbocycles. The molecule has 1 nitrogen and oxygen atoms in total. The highest BCUT2D eigenvalue weighted by Gasteiger charge is 2.53. The maximum Gasteiger partial charge on any atom is 0.0492 e. The lowest BCUT2D eigenvalue weighted by Gasteiger charge is -2.49. The van der Waals surface area contributed by atoms with Gasteiger partial charge >= 0.3 is 0 Å². The van der Waals surface area contributed by atoms with Crippen LogP contribution in [0.15, 0.2) is 176 Å². The minimum absolute atomic E-state index is 0.0127. The van der Waals surface area contributed by atoms with Crippen molar-refractivity contribution in [3.8, 4) is 33.4 Å². The Bertz CT molecular complexity index is 3300. The largest absolute Gasteiger partial charge is 0.335 e. The number of hydrogen-bond donors (Lipinski definition) is 0. The van der Waals surface area contributed by atoms with Crippen LogP contribution in [0.3, 0.4) is 0 Å². The van der Waals surface area contributed by atoms with Gasteiger partial charge < -0.3 is 4.90 Å². The number of hydrogen-bond acceptors (Lipinski definition) is 1. The number of rotatable bonds is 4. The van der Waals surface area contributed by atoms with Crippen molar-refractivity contribution in [3.63, 3.8) is 0 Å². The third-order valence-electron chi connectivity index (χ3n) is 14.9. The van der Waals surface area contributed by atoms with E-state index in [1.807, 2.05) is 0 Å². The zero-order valence-corrected chi connectivity index (χ0v) is 35.0. The van der Waals surface area contributed by atoms with Gasteiger partial charge in [0.05, 0.1) is 0 Å². The standard InChI is InChI=1S/C59H49N/c1-58(2,3)41-32-33-59(4)54(35-41)53-34-40(26-31-55(53)60(59)42-18-6-5-7-19-42)51-36-52(46-23-13-17-38-15-9-11-21-44(38)46)50-28-25-39-24-27-47(48-29-30-49(51)57(50)56(39)48)45-22-12-16-37-14-8-10-20-43(37)45/h5-31,34,36,41,54H,32-33,35H2,1-4H3. The van der Waals surface area contributed by atoms with E-state index in [2.05, 4.69) is 209 Å². The lowest BCUT2D eigenvalue weighted by molar-refractivity contribution is 0.127. The quantitative estimate of drug-likeness (QED) is 0.161. The van der Waals surface area contributed by atoms with Crippen LogP contribution in [-0.2, 0) is 0 Å². The Kier molecular flexibility index (Phi) is 7.71. The summed E-state index contributed by atoms with van der Waals surface area (Å²) >= 11 is 0. The van der Waals surface area contributed by atoms with Crippen LogP contribution >= 0.6 is 0 Å². The fourth-order valence-corrected chi connectivity index (χ4v) is 11.8. The first-order chi connectivity index (χ1) is 29.3. The summed E-state index contributed by atoms with van der Waals surface area (Å²) < 4.78 is 0. The monoisotopic (exact) mass is 771 g/mol. The molecule has 0 bridgehead atoms. The van der Waals surface area contributed by atoms with Crippen LogP contribution in [0.2, 0.25) is 0 Å². The highest BCUT2D eigenvalue weighted by Crippen LogP contribution is 2.61. The summed E-state index contributed by atoms with van der Waals surface area (Å²) in [5.41, 5.74) is 12.2. The van der Waals surface area contributed by atoms with Gasteiger partial charge in [-0.05, 0) is 161 Å². The van der Waals surface area contributed by atoms with Gasteiger partial charge in [0.1, 0.15) is 0 Å². The molecule has 0 amide bonds. The van der Waals surface area contributed by atoms with Crippen molar-refractivity contribution in [2.75, 3.05) is 4.90 Å². The number of para-hydroxylation sites is 1. The average Bonchev–Trinajstić information content (AvgIpc) is 3.54. The Morgan fingerprint density at radius 1 is 0.483 bits per heavy atom. The van der Waals surface area contributed by atoms with Crippen molar-refractivity contribution >= 4 is 65.2 Å². The topological polar surface area (TPSA) is 3.24 Å². The molecular formula is C59H49N. The Hall–Kier alpha value is -6.44. The van der Waals surface area contributed by atoms with E-state index in [1.54, 1.807) is 0 Å². The molecule has 3 unspecified atom stereocenters. The van der Waals surface area contributed by atoms with Crippen LogP contribution in [0.1, 0.15) is 58.4 Å². The molecule has 1 heterocycles. The van der Waals surface area contributed by atoms with Gasteiger partial charge in [-0.15, -0.1) is 0 Å². The lowest BCUT2D eigenvalue weighted by Crippen LogP contribution is -2.48. The number of nitrogens with zero attached hydrogens (tertiary/aromatic N) is 1. The molecule has 12 rings (SSSR count). The maximum atomic E-state index is 2.70. The van der Waals surface area contributed by atoms with E-state index in [0.717, 1.165) is 0 Å². The zero-order valence-electron chi connectivity index (χ0n) is 35.0. The van der Waals surface area contributed by atoms with Gasteiger partial charge in [-0.2, -0.15) is 0 Å². The van der Waals surface area contributed by atoms with Gasteiger partial charge in [-0.1, -0.05) is 166 Å². The van der Waals surface area contributed by atoms with Crippen LogP contribution in [0.5, 0.6) is 0 Å². The smallest absolute Gasteiger partial charge is 0.0492 e. The normalized spacial score (nSPS) is 19.2. The van der Waals surface area contributed by atoms with Crippen LogP contribution < -0.4 is 4.90 Å². The average molecular weight is 772 g/mol. The second-order valence-corrected chi connectivity index (χ2v) is 19.1. The Morgan fingerprint density at radius 3 is 1.78 bits per heavy atom. The van der Waals surface area contributed by atoms with Gasteiger partial charge in [-0.3, -0.25) is 0 Å². The zero-order chi connectivity index (χ0) is 40.3. The number of anilines is 2. The number of benzene rings is 10. The van der Waals surface area contributed by atoms with Gasteiger partial charge in [0.25, 0.3) is 0 Å². The van der Waals surface area contributed by atoms with Gasteiger partial charge in [0, 0.05) is 22.8 Å². The predicted molar refractivity (Wildman–Crippen MR) is 258 cm³/mol. The van der Waals surface area contributed by atoms with E-state index in [4.69, 9.17) is 0 Å². The summed E-state index contributed by atoms with van der Waals surface area (Å²) in [4.78, 5) is 2.70. The first-order valence-electron chi connectivity index (χ1n) is 22.0. The maximum absolute atomic E-state index is 2.70. The van der Waals surface area contributed by atoms with Crippen molar-refractivity contribution in [2.24, 2.45) is 11.3 Å². The second kappa shape index (κ2) is 13.0. The van der Waals surface area contributed by atoms with Crippen molar-refractivity contribution in [2.45, 2.75) is 58.4 Å². The molecule has 0 spiro atoms. The first-order valence-corrected chi connectivity index (χ1v) is 22.0. The Morgan fingerprint density at radius 2 is 1.07 bits per heavy atom. The van der Waals surface area contributed by atoms with E-state index < -0.39 is 0 Å². The molecule has 0 aromatic heterocycles. The van der Waals surface area contributed by atoms with Crippen LogP contribution in [0, 0.1) is 11.3 Å². The molecule has 3 atom stereocenters. The highest BCUT2D eigenvalue weighted by molar-refractivity contribution is 6.31. The van der Waals surface area contributed by atoms with Crippen LogP contribution in [0.25, 0.3) is 87.2 Å². The lowest BCUT2D eigenvalue weighted by atomic mass is 9.62. The van der Waals surface area contributed by atoms with E-state index >= 15 is 0 Å². The van der Waals surface area contributed by atoms with Crippen molar-refractivity contribution in [1.82, 2.24) is 0 Å². The second-order valence-electron chi connectivity index (χ2n) is 19.1. The number of fused-ring (bicyclic) bond motifs is 5. The summed E-state index contributed by atoms with van der Waals surface area (Å²) in [5.74, 6) is 1.11. The van der Waals surface area contributed by atoms with Crippen molar-refractivity contribution in [1.29, 1.82) is 0 Å². The molecule has 1 fully saturated rings. The molecule has 0 radical (unpaired) electrons. The van der Waals surface area contributed by atoms with E-state index in [9.17, 15) is 0 Å². The summed E-state index contributed by atoms with van der Waals surface area (Å²) in [7, 11) is 0. The van der Waals surface area contributed by atoms with Crippen molar-refractivity contribution in [3.05, 3.63) is 181 Å². The Balaban J connectivity index is 1.15. The molecule has 10 aromatic rings. The Labute approximate surface area is 353 Å². The summed E-state index contributed by atoms with van der Waals surface area (Å²) in [6.45, 7) is 9.90.